The minimum absolute atomic E-state index is 0.145. The number of halogens is 1. The highest BCUT2D eigenvalue weighted by molar-refractivity contribution is 7.16. The van der Waals surface area contributed by atoms with E-state index in [0.29, 0.717) is 6.04 Å². The molecule has 1 aliphatic heterocycles. The normalized spacial score (nSPS) is 22.3. The highest BCUT2D eigenvalue weighted by Gasteiger charge is 2.33. The molecule has 0 bridgehead atoms. The summed E-state index contributed by atoms with van der Waals surface area (Å²) in [4.78, 5) is 3.90. The van der Waals surface area contributed by atoms with E-state index >= 15 is 0 Å². The Morgan fingerprint density at radius 3 is 2.67 bits per heavy atom. The third-order valence-corrected chi connectivity index (χ3v) is 5.20. The van der Waals surface area contributed by atoms with Gasteiger partial charge in [0, 0.05) is 36.1 Å². The number of hydrogen-bond donors (Lipinski definition) is 1. The molecule has 1 N–H and O–H groups in total. The van der Waals surface area contributed by atoms with E-state index in [-0.39, 0.29) is 5.54 Å². The van der Waals surface area contributed by atoms with Crippen molar-refractivity contribution in [3.63, 3.8) is 0 Å². The summed E-state index contributed by atoms with van der Waals surface area (Å²) >= 11 is 7.76. The Labute approximate surface area is 135 Å². The van der Waals surface area contributed by atoms with Crippen LogP contribution in [-0.4, -0.2) is 23.5 Å². The second-order valence-corrected chi connectivity index (χ2v) is 8.10. The van der Waals surface area contributed by atoms with Gasteiger partial charge in [0.05, 0.1) is 4.34 Å². The molecule has 0 radical (unpaired) electrons. The number of benzene rings is 1. The highest BCUT2D eigenvalue weighted by atomic mass is 35.5. The maximum absolute atomic E-state index is 6.08. The van der Waals surface area contributed by atoms with Crippen LogP contribution in [0.1, 0.15) is 30.3 Å². The molecule has 4 heteroatoms. The monoisotopic (exact) mass is 320 g/mol. The van der Waals surface area contributed by atoms with Crippen LogP contribution in [0.3, 0.4) is 0 Å². The summed E-state index contributed by atoms with van der Waals surface area (Å²) < 4.78 is 0.871. The lowest BCUT2D eigenvalue weighted by atomic mass is 9.95. The predicted octanol–water partition coefficient (Wildman–Crippen LogP) is 4.33. The molecule has 1 aromatic heterocycles. The summed E-state index contributed by atoms with van der Waals surface area (Å²) in [5, 5.41) is 3.66. The van der Waals surface area contributed by atoms with Crippen molar-refractivity contribution in [3.8, 4) is 0 Å². The van der Waals surface area contributed by atoms with Crippen molar-refractivity contribution in [3.05, 3.63) is 57.2 Å². The van der Waals surface area contributed by atoms with E-state index in [4.69, 9.17) is 11.6 Å². The smallest absolute Gasteiger partial charge is 0.0931 e. The number of hydrogen-bond acceptors (Lipinski definition) is 3. The first-order chi connectivity index (χ1) is 10.0. The Kier molecular flexibility index (Phi) is 4.36. The van der Waals surface area contributed by atoms with E-state index in [1.807, 2.05) is 6.07 Å². The molecule has 1 fully saturated rings. The summed E-state index contributed by atoms with van der Waals surface area (Å²) in [7, 11) is 0. The predicted molar refractivity (Wildman–Crippen MR) is 91.0 cm³/mol. The third-order valence-electron chi connectivity index (χ3n) is 3.99. The lowest BCUT2D eigenvalue weighted by Crippen LogP contribution is -2.57. The number of rotatable bonds is 3. The van der Waals surface area contributed by atoms with Gasteiger partial charge in [-0.25, -0.2) is 0 Å². The molecular weight excluding hydrogens is 300 g/mol. The van der Waals surface area contributed by atoms with E-state index in [1.54, 1.807) is 11.3 Å². The first-order valence-electron chi connectivity index (χ1n) is 7.32. The SMILES string of the molecule is CC1(C)CN(Cc2ccc(Cl)s2)C(c2ccccc2)CN1. The average Bonchev–Trinajstić information content (AvgIpc) is 2.84. The molecule has 1 atom stereocenters. The largest absolute Gasteiger partial charge is 0.309 e. The minimum atomic E-state index is 0.145. The fourth-order valence-electron chi connectivity index (χ4n) is 2.98. The summed E-state index contributed by atoms with van der Waals surface area (Å²) in [5.41, 5.74) is 1.52. The van der Waals surface area contributed by atoms with Gasteiger partial charge in [-0.15, -0.1) is 11.3 Å². The summed E-state index contributed by atoms with van der Waals surface area (Å²) in [5.74, 6) is 0. The maximum Gasteiger partial charge on any atom is 0.0931 e. The average molecular weight is 321 g/mol. The van der Waals surface area contributed by atoms with Gasteiger partial charge in [-0.2, -0.15) is 0 Å². The van der Waals surface area contributed by atoms with Crippen LogP contribution in [0.25, 0.3) is 0 Å². The fourth-order valence-corrected chi connectivity index (χ4v) is 4.10. The molecule has 1 aromatic carbocycles. The highest BCUT2D eigenvalue weighted by Crippen LogP contribution is 2.31. The molecule has 2 heterocycles. The fraction of sp³-hybridized carbons (Fsp3) is 0.412. The van der Waals surface area contributed by atoms with Crippen molar-refractivity contribution in [2.75, 3.05) is 13.1 Å². The van der Waals surface area contributed by atoms with Gasteiger partial charge in [-0.05, 0) is 31.5 Å². The van der Waals surface area contributed by atoms with E-state index in [0.717, 1.165) is 24.0 Å². The molecular formula is C17H21ClN2S. The zero-order valence-corrected chi connectivity index (χ0v) is 14.0. The van der Waals surface area contributed by atoms with Crippen LogP contribution in [0.5, 0.6) is 0 Å². The molecule has 0 saturated carbocycles. The molecule has 112 valence electrons. The number of piperazine rings is 1. The van der Waals surface area contributed by atoms with Crippen LogP contribution < -0.4 is 5.32 Å². The van der Waals surface area contributed by atoms with Crippen LogP contribution >= 0.6 is 22.9 Å². The second kappa shape index (κ2) is 6.09. The molecule has 0 aliphatic carbocycles. The number of thiophene rings is 1. The molecule has 1 unspecified atom stereocenters. The van der Waals surface area contributed by atoms with Crippen molar-refractivity contribution in [2.45, 2.75) is 32.0 Å². The lowest BCUT2D eigenvalue weighted by Gasteiger charge is -2.44. The molecule has 0 spiro atoms. The molecule has 1 aliphatic rings. The first kappa shape index (κ1) is 15.0. The van der Waals surface area contributed by atoms with Gasteiger partial charge in [-0.1, -0.05) is 41.9 Å². The van der Waals surface area contributed by atoms with E-state index in [9.17, 15) is 0 Å². The lowest BCUT2D eigenvalue weighted by molar-refractivity contribution is 0.0890. The van der Waals surface area contributed by atoms with E-state index in [2.05, 4.69) is 60.5 Å². The van der Waals surface area contributed by atoms with Crippen molar-refractivity contribution < 1.29 is 0 Å². The van der Waals surface area contributed by atoms with Crippen LogP contribution in [0, 0.1) is 0 Å². The van der Waals surface area contributed by atoms with Gasteiger partial charge in [0.15, 0.2) is 0 Å². The standard InChI is InChI=1S/C17H21ClN2S/c1-17(2)12-20(11-14-8-9-16(18)21-14)15(10-19-17)13-6-4-3-5-7-13/h3-9,15,19H,10-12H2,1-2H3. The third kappa shape index (κ3) is 3.67. The van der Waals surface area contributed by atoms with Crippen LogP contribution in [-0.2, 0) is 6.54 Å². The Morgan fingerprint density at radius 2 is 2.00 bits per heavy atom. The van der Waals surface area contributed by atoms with Gasteiger partial charge in [0.2, 0.25) is 0 Å². The Balaban J connectivity index is 1.83. The van der Waals surface area contributed by atoms with Gasteiger partial charge in [0.1, 0.15) is 0 Å². The molecule has 21 heavy (non-hydrogen) atoms. The molecule has 3 rings (SSSR count). The summed E-state index contributed by atoms with van der Waals surface area (Å²) in [6.07, 6.45) is 0. The van der Waals surface area contributed by atoms with E-state index in [1.165, 1.54) is 10.4 Å². The second-order valence-electron chi connectivity index (χ2n) is 6.30. The molecule has 2 aromatic rings. The minimum Gasteiger partial charge on any atom is -0.309 e. The molecule has 1 saturated heterocycles. The van der Waals surface area contributed by atoms with Crippen LogP contribution in [0.15, 0.2) is 42.5 Å². The van der Waals surface area contributed by atoms with Crippen LogP contribution in [0.4, 0.5) is 0 Å². The zero-order chi connectivity index (χ0) is 14.9. The van der Waals surface area contributed by atoms with Crippen molar-refractivity contribution in [1.29, 1.82) is 0 Å². The van der Waals surface area contributed by atoms with E-state index < -0.39 is 0 Å². The van der Waals surface area contributed by atoms with Crippen molar-refractivity contribution in [1.82, 2.24) is 10.2 Å². The molecule has 2 nitrogen and oxygen atoms in total. The topological polar surface area (TPSA) is 15.3 Å². The first-order valence-corrected chi connectivity index (χ1v) is 8.51. The van der Waals surface area contributed by atoms with Gasteiger partial charge < -0.3 is 5.32 Å². The maximum atomic E-state index is 6.08. The Bertz CT molecular complexity index is 594. The summed E-state index contributed by atoms with van der Waals surface area (Å²) in [6, 6.07) is 15.3. The zero-order valence-electron chi connectivity index (χ0n) is 12.5. The van der Waals surface area contributed by atoms with Gasteiger partial charge in [0.25, 0.3) is 0 Å². The van der Waals surface area contributed by atoms with Crippen LogP contribution in [0.2, 0.25) is 4.34 Å². The van der Waals surface area contributed by atoms with Crippen molar-refractivity contribution >= 4 is 22.9 Å². The molecule has 0 amide bonds. The Hall–Kier alpha value is -0.870. The van der Waals surface area contributed by atoms with Gasteiger partial charge >= 0.3 is 0 Å². The number of nitrogens with zero attached hydrogens (tertiary/aromatic N) is 1. The van der Waals surface area contributed by atoms with Gasteiger partial charge in [-0.3, -0.25) is 4.90 Å². The summed E-state index contributed by atoms with van der Waals surface area (Å²) in [6.45, 7) is 7.51. The quantitative estimate of drug-likeness (QED) is 0.905. The number of nitrogens with one attached hydrogen (secondary N) is 1. The van der Waals surface area contributed by atoms with Crippen molar-refractivity contribution in [2.24, 2.45) is 0 Å². The Morgan fingerprint density at radius 1 is 1.24 bits per heavy atom.